The average Bonchev–Trinajstić information content (AvgIpc) is 2.92. The summed E-state index contributed by atoms with van der Waals surface area (Å²) >= 11 is 0. The third kappa shape index (κ3) is 2.63. The number of hydrogen-bond donors (Lipinski definition) is 2. The number of aromatic nitrogens is 1. The highest BCUT2D eigenvalue weighted by Crippen LogP contribution is 2.31. The van der Waals surface area contributed by atoms with Crippen molar-refractivity contribution in [1.29, 1.82) is 0 Å². The van der Waals surface area contributed by atoms with Crippen molar-refractivity contribution in [2.24, 2.45) is 11.8 Å². The number of hydrogen-bond acceptors (Lipinski definition) is 3. The molecule has 0 saturated heterocycles. The van der Waals surface area contributed by atoms with Crippen LogP contribution in [0.1, 0.15) is 24.8 Å². The summed E-state index contributed by atoms with van der Waals surface area (Å²) in [7, 11) is 0. The van der Waals surface area contributed by atoms with Crippen molar-refractivity contribution >= 4 is 16.7 Å². The number of aryl methyl sites for hydroxylation is 1. The smallest absolute Gasteiger partial charge is 0.129 e. The third-order valence-corrected chi connectivity index (χ3v) is 4.50. The van der Waals surface area contributed by atoms with E-state index in [9.17, 15) is 5.11 Å². The molecule has 3 heteroatoms. The summed E-state index contributed by atoms with van der Waals surface area (Å²) in [5.74, 6) is 2.02. The van der Waals surface area contributed by atoms with Gasteiger partial charge in [-0.25, -0.2) is 4.98 Å². The van der Waals surface area contributed by atoms with Gasteiger partial charge in [-0.2, -0.15) is 0 Å². The molecule has 1 aromatic heterocycles. The zero-order valence-corrected chi connectivity index (χ0v) is 12.0. The number of benzene rings is 1. The Balaban J connectivity index is 1.75. The Morgan fingerprint density at radius 1 is 1.25 bits per heavy atom. The van der Waals surface area contributed by atoms with E-state index in [-0.39, 0.29) is 0 Å². The van der Waals surface area contributed by atoms with Gasteiger partial charge in [0.15, 0.2) is 0 Å². The first-order valence-corrected chi connectivity index (χ1v) is 7.49. The van der Waals surface area contributed by atoms with Crippen LogP contribution in [0, 0.1) is 18.8 Å². The van der Waals surface area contributed by atoms with E-state index in [0.717, 1.165) is 24.3 Å². The number of pyridine rings is 1. The fraction of sp³-hybridized carbons (Fsp3) is 0.471. The van der Waals surface area contributed by atoms with Crippen LogP contribution in [-0.2, 0) is 0 Å². The van der Waals surface area contributed by atoms with Crippen molar-refractivity contribution in [2.75, 3.05) is 18.5 Å². The van der Waals surface area contributed by atoms with Crippen LogP contribution in [0.3, 0.4) is 0 Å². The molecule has 1 aromatic carbocycles. The lowest BCUT2D eigenvalue weighted by Crippen LogP contribution is -2.21. The zero-order valence-electron chi connectivity index (χ0n) is 12.0. The molecule has 2 unspecified atom stereocenters. The van der Waals surface area contributed by atoms with Gasteiger partial charge in [-0.15, -0.1) is 0 Å². The van der Waals surface area contributed by atoms with E-state index in [4.69, 9.17) is 4.98 Å². The van der Waals surface area contributed by atoms with Crippen molar-refractivity contribution in [3.63, 3.8) is 0 Å². The highest BCUT2D eigenvalue weighted by atomic mass is 16.3. The zero-order chi connectivity index (χ0) is 13.9. The summed E-state index contributed by atoms with van der Waals surface area (Å²) in [6, 6.07) is 10.4. The Bertz CT molecular complexity index is 597. The summed E-state index contributed by atoms with van der Waals surface area (Å²) < 4.78 is 0. The van der Waals surface area contributed by atoms with Gasteiger partial charge in [-0.3, -0.25) is 0 Å². The average molecular weight is 270 g/mol. The molecule has 0 aliphatic heterocycles. The van der Waals surface area contributed by atoms with Crippen LogP contribution in [0.15, 0.2) is 30.3 Å². The topological polar surface area (TPSA) is 45.2 Å². The molecule has 1 heterocycles. The molecule has 1 fully saturated rings. The first-order valence-electron chi connectivity index (χ1n) is 7.49. The molecule has 106 valence electrons. The quantitative estimate of drug-likeness (QED) is 0.895. The predicted octanol–water partition coefficient (Wildman–Crippen LogP) is 3.36. The standard InChI is InChI=1S/C17H22N2O/c1-12-9-13-5-2-3-8-16(13)19-17(12)18-10-14-6-4-7-15(14)11-20/h2-3,5,8-9,14-15,20H,4,6-7,10-11H2,1H3,(H,18,19). The number of nitrogens with one attached hydrogen (secondary N) is 1. The lowest BCUT2D eigenvalue weighted by molar-refractivity contribution is 0.199. The lowest BCUT2D eigenvalue weighted by atomic mass is 9.97. The summed E-state index contributed by atoms with van der Waals surface area (Å²) in [6.07, 6.45) is 3.61. The maximum atomic E-state index is 9.39. The molecule has 0 radical (unpaired) electrons. The molecule has 0 spiro atoms. The molecule has 3 nitrogen and oxygen atoms in total. The van der Waals surface area contributed by atoms with E-state index >= 15 is 0 Å². The second kappa shape index (κ2) is 5.80. The predicted molar refractivity (Wildman–Crippen MR) is 82.9 cm³/mol. The number of aliphatic hydroxyl groups excluding tert-OH is 1. The molecular weight excluding hydrogens is 248 g/mol. The van der Waals surface area contributed by atoms with Crippen LogP contribution in [0.5, 0.6) is 0 Å². The number of rotatable bonds is 4. The van der Waals surface area contributed by atoms with E-state index in [1.165, 1.54) is 23.8 Å². The van der Waals surface area contributed by atoms with Gasteiger partial charge in [0, 0.05) is 18.5 Å². The van der Waals surface area contributed by atoms with Crippen LogP contribution < -0.4 is 5.32 Å². The summed E-state index contributed by atoms with van der Waals surface area (Å²) in [5, 5.41) is 14.1. The maximum Gasteiger partial charge on any atom is 0.129 e. The molecule has 0 bridgehead atoms. The van der Waals surface area contributed by atoms with Gasteiger partial charge in [-0.05, 0) is 49.3 Å². The van der Waals surface area contributed by atoms with Crippen molar-refractivity contribution in [3.8, 4) is 0 Å². The second-order valence-corrected chi connectivity index (χ2v) is 5.86. The fourth-order valence-corrected chi connectivity index (χ4v) is 3.25. The third-order valence-electron chi connectivity index (χ3n) is 4.50. The minimum absolute atomic E-state index is 0.316. The van der Waals surface area contributed by atoms with E-state index in [0.29, 0.717) is 18.4 Å². The SMILES string of the molecule is Cc1cc2ccccc2nc1NCC1CCCC1CO. The lowest BCUT2D eigenvalue weighted by Gasteiger charge is -2.19. The first-order chi connectivity index (χ1) is 9.78. The molecule has 0 amide bonds. The summed E-state index contributed by atoms with van der Waals surface area (Å²) in [5.41, 5.74) is 2.22. The minimum atomic E-state index is 0.316. The van der Waals surface area contributed by atoms with Gasteiger partial charge in [0.25, 0.3) is 0 Å². The van der Waals surface area contributed by atoms with Crippen LogP contribution >= 0.6 is 0 Å². The number of aliphatic hydroxyl groups is 1. The minimum Gasteiger partial charge on any atom is -0.396 e. The van der Waals surface area contributed by atoms with Crippen molar-refractivity contribution < 1.29 is 5.11 Å². The van der Waals surface area contributed by atoms with E-state index in [2.05, 4.69) is 24.4 Å². The molecule has 2 aromatic rings. The second-order valence-electron chi connectivity index (χ2n) is 5.86. The van der Waals surface area contributed by atoms with E-state index < -0.39 is 0 Å². The van der Waals surface area contributed by atoms with E-state index in [1.807, 2.05) is 18.2 Å². The van der Waals surface area contributed by atoms with E-state index in [1.54, 1.807) is 0 Å². The molecule has 1 aliphatic rings. The van der Waals surface area contributed by atoms with Crippen LogP contribution in [0.25, 0.3) is 10.9 Å². The molecule has 2 N–H and O–H groups in total. The molecule has 3 rings (SSSR count). The number of para-hydroxylation sites is 1. The van der Waals surface area contributed by atoms with Gasteiger partial charge < -0.3 is 10.4 Å². The highest BCUT2D eigenvalue weighted by Gasteiger charge is 2.26. The van der Waals surface area contributed by atoms with Gasteiger partial charge in [0.1, 0.15) is 5.82 Å². The molecule has 1 saturated carbocycles. The first kappa shape index (κ1) is 13.4. The maximum absolute atomic E-state index is 9.39. The van der Waals surface area contributed by atoms with Gasteiger partial charge in [0.05, 0.1) is 5.52 Å². The van der Waals surface area contributed by atoms with Crippen LogP contribution in [-0.4, -0.2) is 23.2 Å². The van der Waals surface area contributed by atoms with Gasteiger partial charge >= 0.3 is 0 Å². The Morgan fingerprint density at radius 2 is 2.05 bits per heavy atom. The van der Waals surface area contributed by atoms with Crippen LogP contribution in [0.4, 0.5) is 5.82 Å². The summed E-state index contributed by atoms with van der Waals surface area (Å²) in [6.45, 7) is 3.33. The Morgan fingerprint density at radius 3 is 2.90 bits per heavy atom. The molecule has 20 heavy (non-hydrogen) atoms. The van der Waals surface area contributed by atoms with Crippen molar-refractivity contribution in [2.45, 2.75) is 26.2 Å². The van der Waals surface area contributed by atoms with Crippen LogP contribution in [0.2, 0.25) is 0 Å². The Labute approximate surface area is 120 Å². The number of fused-ring (bicyclic) bond motifs is 1. The normalized spacial score (nSPS) is 22.3. The largest absolute Gasteiger partial charge is 0.396 e. The molecular formula is C17H22N2O. The van der Waals surface area contributed by atoms with Crippen molar-refractivity contribution in [3.05, 3.63) is 35.9 Å². The monoisotopic (exact) mass is 270 g/mol. The number of nitrogens with zero attached hydrogens (tertiary/aromatic N) is 1. The van der Waals surface area contributed by atoms with Crippen molar-refractivity contribution in [1.82, 2.24) is 4.98 Å². The highest BCUT2D eigenvalue weighted by molar-refractivity contribution is 5.81. The van der Waals surface area contributed by atoms with Gasteiger partial charge in [0.2, 0.25) is 0 Å². The summed E-state index contributed by atoms with van der Waals surface area (Å²) in [4.78, 5) is 4.71. The van der Waals surface area contributed by atoms with Gasteiger partial charge in [-0.1, -0.05) is 24.6 Å². The molecule has 1 aliphatic carbocycles. The fourth-order valence-electron chi connectivity index (χ4n) is 3.25. The number of anilines is 1. The Hall–Kier alpha value is -1.61. The Kier molecular flexibility index (Phi) is 3.88. The molecule has 2 atom stereocenters.